The molecule has 26 heavy (non-hydrogen) atoms. The van der Waals surface area contributed by atoms with Crippen molar-refractivity contribution in [1.29, 1.82) is 0 Å². The van der Waals surface area contributed by atoms with Crippen molar-refractivity contribution in [2.24, 2.45) is 23.7 Å². The summed E-state index contributed by atoms with van der Waals surface area (Å²) in [6.45, 7) is 2.77. The lowest BCUT2D eigenvalue weighted by Gasteiger charge is -2.40. The third-order valence-electron chi connectivity index (χ3n) is 7.26. The number of sulfonamides is 1. The van der Waals surface area contributed by atoms with Crippen LogP contribution in [0.4, 0.5) is 4.79 Å². The van der Waals surface area contributed by atoms with E-state index in [0.717, 1.165) is 38.8 Å². The molecule has 2 aliphatic heterocycles. The number of piperidine rings is 1. The van der Waals surface area contributed by atoms with E-state index in [1.54, 1.807) is 4.31 Å². The minimum atomic E-state index is -3.14. The van der Waals surface area contributed by atoms with Gasteiger partial charge in [-0.2, -0.15) is 4.31 Å². The number of urea groups is 1. The van der Waals surface area contributed by atoms with Crippen LogP contribution in [-0.4, -0.2) is 61.1 Å². The number of rotatable bonds is 3. The molecule has 4 fully saturated rings. The van der Waals surface area contributed by atoms with Gasteiger partial charge in [0.2, 0.25) is 10.0 Å². The monoisotopic (exact) mass is 379 g/mol. The van der Waals surface area contributed by atoms with Crippen molar-refractivity contribution in [3.05, 3.63) is 12.2 Å². The Labute approximate surface area is 156 Å². The van der Waals surface area contributed by atoms with E-state index in [9.17, 15) is 13.2 Å². The van der Waals surface area contributed by atoms with Crippen molar-refractivity contribution < 1.29 is 13.2 Å². The summed E-state index contributed by atoms with van der Waals surface area (Å²) in [5, 5.41) is 2.98. The van der Waals surface area contributed by atoms with Crippen LogP contribution in [0.25, 0.3) is 0 Å². The van der Waals surface area contributed by atoms with Gasteiger partial charge in [-0.15, -0.1) is 0 Å². The first-order valence-corrected chi connectivity index (χ1v) is 11.8. The normalized spacial score (nSPS) is 39.8. The summed E-state index contributed by atoms with van der Waals surface area (Å²) in [7, 11) is -3.14. The Morgan fingerprint density at radius 2 is 1.58 bits per heavy atom. The highest BCUT2D eigenvalue weighted by Crippen LogP contribution is 2.48. The van der Waals surface area contributed by atoms with Crippen molar-refractivity contribution >= 4 is 16.1 Å². The molecule has 4 unspecified atom stereocenters. The fourth-order valence-electron chi connectivity index (χ4n) is 5.64. The maximum atomic E-state index is 12.8. The van der Waals surface area contributed by atoms with Gasteiger partial charge < -0.3 is 10.2 Å². The van der Waals surface area contributed by atoms with Crippen LogP contribution in [0.3, 0.4) is 0 Å². The SMILES string of the molecule is O=C(N[C@@H]1CCCN(S(=O)(=O)C2CC2)C1)N1CC2C3C=CC(CC3)C2C1. The zero-order valence-corrected chi connectivity index (χ0v) is 16.0. The fraction of sp³-hybridized carbons (Fsp3) is 0.842. The largest absolute Gasteiger partial charge is 0.334 e. The van der Waals surface area contributed by atoms with Crippen molar-refractivity contribution in [3.63, 3.8) is 0 Å². The van der Waals surface area contributed by atoms with Gasteiger partial charge >= 0.3 is 6.03 Å². The van der Waals surface area contributed by atoms with Gasteiger partial charge in [0.15, 0.2) is 0 Å². The average Bonchev–Trinajstić information content (AvgIpc) is 3.41. The van der Waals surface area contributed by atoms with Crippen LogP contribution in [0.5, 0.6) is 0 Å². The first kappa shape index (κ1) is 17.0. The minimum Gasteiger partial charge on any atom is -0.334 e. The van der Waals surface area contributed by atoms with E-state index in [-0.39, 0.29) is 17.3 Å². The second kappa shape index (κ2) is 6.23. The fourth-order valence-corrected chi connectivity index (χ4v) is 7.56. The molecule has 6 aliphatic rings. The number of amides is 2. The number of hydrogen-bond donors (Lipinski definition) is 1. The number of carbonyl (C=O) groups is 1. The Kier molecular flexibility index (Phi) is 4.08. The number of hydrogen-bond acceptors (Lipinski definition) is 3. The maximum Gasteiger partial charge on any atom is 0.317 e. The molecule has 2 saturated heterocycles. The van der Waals surface area contributed by atoms with E-state index in [1.807, 2.05) is 4.90 Å². The molecular weight excluding hydrogens is 350 g/mol. The van der Waals surface area contributed by atoms with Gasteiger partial charge in [0.25, 0.3) is 0 Å². The molecule has 1 N–H and O–H groups in total. The summed E-state index contributed by atoms with van der Waals surface area (Å²) in [5.41, 5.74) is 0. The van der Waals surface area contributed by atoms with Crippen molar-refractivity contribution in [1.82, 2.24) is 14.5 Å². The summed E-state index contributed by atoms with van der Waals surface area (Å²) >= 11 is 0. The topological polar surface area (TPSA) is 69.7 Å². The highest BCUT2D eigenvalue weighted by Gasteiger charge is 2.47. The van der Waals surface area contributed by atoms with Gasteiger partial charge in [0.05, 0.1) is 5.25 Å². The molecule has 0 radical (unpaired) electrons. The molecule has 0 aromatic heterocycles. The second-order valence-corrected chi connectivity index (χ2v) is 11.1. The molecule has 2 bridgehead atoms. The molecule has 2 saturated carbocycles. The number of carbonyl (C=O) groups excluding carboxylic acids is 1. The molecule has 2 heterocycles. The molecule has 0 spiro atoms. The summed E-state index contributed by atoms with van der Waals surface area (Å²) in [5.74, 6) is 2.55. The summed E-state index contributed by atoms with van der Waals surface area (Å²) in [4.78, 5) is 14.8. The summed E-state index contributed by atoms with van der Waals surface area (Å²) in [6, 6.07) is -0.0447. The number of likely N-dealkylation sites (tertiary alicyclic amines) is 1. The Morgan fingerprint density at radius 1 is 0.923 bits per heavy atom. The van der Waals surface area contributed by atoms with Crippen LogP contribution in [0.1, 0.15) is 38.5 Å². The second-order valence-electron chi connectivity index (χ2n) is 8.91. The summed E-state index contributed by atoms with van der Waals surface area (Å²) < 4.78 is 26.6. The first-order chi connectivity index (χ1) is 12.5. The standard InChI is InChI=1S/C19H29N3O3S/c23-19(21-11-17-13-3-4-14(6-5-13)18(17)12-21)20-15-2-1-9-22(10-15)26(24,25)16-7-8-16/h3-4,13-18H,1-2,5-12H2,(H,20,23)/t13?,14?,15-,17?,18?/m1/s1. The van der Waals surface area contributed by atoms with Gasteiger partial charge in [-0.1, -0.05) is 12.2 Å². The number of nitrogens with zero attached hydrogens (tertiary/aromatic N) is 2. The third kappa shape index (κ3) is 2.87. The van der Waals surface area contributed by atoms with Crippen LogP contribution >= 0.6 is 0 Å². The first-order valence-electron chi connectivity index (χ1n) is 10.2. The van der Waals surface area contributed by atoms with Crippen molar-refractivity contribution in [2.75, 3.05) is 26.2 Å². The van der Waals surface area contributed by atoms with Crippen LogP contribution in [0.2, 0.25) is 0 Å². The minimum absolute atomic E-state index is 0.00877. The molecule has 6 nitrogen and oxygen atoms in total. The predicted molar refractivity (Wildman–Crippen MR) is 99.0 cm³/mol. The molecule has 6 rings (SSSR count). The highest BCUT2D eigenvalue weighted by atomic mass is 32.2. The van der Waals surface area contributed by atoms with Crippen LogP contribution < -0.4 is 5.32 Å². The predicted octanol–water partition coefficient (Wildman–Crippen LogP) is 1.80. The highest BCUT2D eigenvalue weighted by molar-refractivity contribution is 7.90. The number of nitrogens with one attached hydrogen (secondary N) is 1. The van der Waals surface area contributed by atoms with Gasteiger partial charge in [-0.25, -0.2) is 13.2 Å². The summed E-state index contributed by atoms with van der Waals surface area (Å²) in [6.07, 6.45) is 10.6. The maximum absolute atomic E-state index is 12.8. The van der Waals surface area contributed by atoms with Gasteiger partial charge in [0, 0.05) is 32.2 Å². The zero-order valence-electron chi connectivity index (χ0n) is 15.2. The van der Waals surface area contributed by atoms with Gasteiger partial charge in [-0.3, -0.25) is 0 Å². The number of fused-ring (bicyclic) bond motifs is 1. The van der Waals surface area contributed by atoms with E-state index in [0.29, 0.717) is 36.8 Å². The lowest BCUT2D eigenvalue weighted by atomic mass is 9.64. The molecule has 5 atom stereocenters. The Morgan fingerprint density at radius 3 is 2.15 bits per heavy atom. The molecule has 7 heteroatoms. The molecule has 4 aliphatic carbocycles. The number of allylic oxidation sites excluding steroid dienone is 2. The Balaban J connectivity index is 1.20. The van der Waals surface area contributed by atoms with Gasteiger partial charge in [-0.05, 0) is 62.2 Å². The van der Waals surface area contributed by atoms with Crippen LogP contribution in [0.15, 0.2) is 12.2 Å². The van der Waals surface area contributed by atoms with Gasteiger partial charge in [0.1, 0.15) is 0 Å². The quantitative estimate of drug-likeness (QED) is 0.760. The van der Waals surface area contributed by atoms with E-state index in [2.05, 4.69) is 17.5 Å². The van der Waals surface area contributed by atoms with Crippen LogP contribution in [0, 0.1) is 23.7 Å². The van der Waals surface area contributed by atoms with Crippen molar-refractivity contribution in [2.45, 2.75) is 49.8 Å². The van der Waals surface area contributed by atoms with E-state index in [1.165, 1.54) is 12.8 Å². The van der Waals surface area contributed by atoms with E-state index in [4.69, 9.17) is 0 Å². The lowest BCUT2D eigenvalue weighted by Crippen LogP contribution is -2.53. The average molecular weight is 380 g/mol. The Hall–Kier alpha value is -1.08. The lowest BCUT2D eigenvalue weighted by molar-refractivity contribution is 0.169. The van der Waals surface area contributed by atoms with E-state index >= 15 is 0 Å². The smallest absolute Gasteiger partial charge is 0.317 e. The molecule has 2 amide bonds. The molecular formula is C19H29N3O3S. The molecule has 0 aromatic rings. The van der Waals surface area contributed by atoms with Crippen molar-refractivity contribution in [3.8, 4) is 0 Å². The zero-order chi connectivity index (χ0) is 17.9. The molecule has 144 valence electrons. The third-order valence-corrected chi connectivity index (χ3v) is 9.62. The van der Waals surface area contributed by atoms with Crippen LogP contribution in [-0.2, 0) is 10.0 Å². The molecule has 0 aromatic carbocycles. The van der Waals surface area contributed by atoms with E-state index < -0.39 is 10.0 Å². The Bertz CT molecular complexity index is 696.